The van der Waals surface area contributed by atoms with Gasteiger partial charge in [0.15, 0.2) is 5.78 Å². The fraction of sp³-hybridized carbons (Fsp3) is 0.238. The van der Waals surface area contributed by atoms with Gasteiger partial charge in [0.05, 0.1) is 11.1 Å². The fourth-order valence-electron chi connectivity index (χ4n) is 2.65. The van der Waals surface area contributed by atoms with E-state index in [1.54, 1.807) is 23.6 Å². The molecular weight excluding hydrogens is 406 g/mol. The number of aryl methyl sites for hydroxylation is 1. The second-order valence-electron chi connectivity index (χ2n) is 5.88. The zero-order valence-corrected chi connectivity index (χ0v) is 17.9. The number of ketones is 1. The van der Waals surface area contributed by atoms with Gasteiger partial charge in [-0.15, -0.1) is 11.3 Å². The molecule has 0 aliphatic rings. The van der Waals surface area contributed by atoms with Gasteiger partial charge in [-0.3, -0.25) is 19.0 Å². The number of aromatic hydroxyl groups is 1. The van der Waals surface area contributed by atoms with Crippen molar-refractivity contribution in [1.82, 2.24) is 9.55 Å². The van der Waals surface area contributed by atoms with Crippen LogP contribution in [-0.4, -0.2) is 40.1 Å². The van der Waals surface area contributed by atoms with Crippen molar-refractivity contribution < 1.29 is 19.4 Å². The first-order valence-corrected chi connectivity index (χ1v) is 10.1. The monoisotopic (exact) mass is 429 g/mol. The number of amides is 1. The summed E-state index contributed by atoms with van der Waals surface area (Å²) in [4.78, 5) is 41.3. The lowest BCUT2D eigenvalue weighted by atomic mass is 10.1. The minimum absolute atomic E-state index is 0.0566. The van der Waals surface area contributed by atoms with Crippen molar-refractivity contribution in [3.8, 4) is 5.75 Å². The minimum atomic E-state index is -0.628. The Kier molecular flexibility index (Phi) is 8.02. The van der Waals surface area contributed by atoms with E-state index in [2.05, 4.69) is 10.3 Å². The summed E-state index contributed by atoms with van der Waals surface area (Å²) in [5.74, 6) is -1.30. The van der Waals surface area contributed by atoms with Crippen LogP contribution in [-0.2, 0) is 16.6 Å². The Morgan fingerprint density at radius 2 is 2.10 bits per heavy atom. The molecule has 0 aliphatic heterocycles. The molecule has 0 fully saturated rings. The van der Waals surface area contributed by atoms with Gasteiger partial charge >= 0.3 is 0 Å². The van der Waals surface area contributed by atoms with E-state index in [0.29, 0.717) is 21.6 Å². The average Bonchev–Trinajstić information content (AvgIpc) is 3.19. The quantitative estimate of drug-likeness (QED) is 0.460. The van der Waals surface area contributed by atoms with E-state index in [0.717, 1.165) is 0 Å². The molecule has 1 amide bonds. The van der Waals surface area contributed by atoms with E-state index < -0.39 is 11.3 Å². The topological polar surface area (TPSA) is 111 Å². The molecule has 30 heavy (non-hydrogen) atoms. The van der Waals surface area contributed by atoms with Crippen molar-refractivity contribution in [3.05, 3.63) is 56.6 Å². The number of rotatable bonds is 6. The molecule has 0 saturated carbocycles. The van der Waals surface area contributed by atoms with Crippen molar-refractivity contribution in [2.24, 2.45) is 7.05 Å². The van der Waals surface area contributed by atoms with Crippen LogP contribution in [0.5, 0.6) is 5.75 Å². The van der Waals surface area contributed by atoms with Gasteiger partial charge in [-0.1, -0.05) is 13.8 Å². The van der Waals surface area contributed by atoms with Crippen LogP contribution in [0, 0.1) is 0 Å². The van der Waals surface area contributed by atoms with Gasteiger partial charge < -0.3 is 15.2 Å². The molecular formula is C21H23N3O5S. The summed E-state index contributed by atoms with van der Waals surface area (Å²) in [6.45, 7) is 3.94. The minimum Gasteiger partial charge on any atom is -0.506 e. The van der Waals surface area contributed by atoms with Gasteiger partial charge in [0.2, 0.25) is 5.91 Å². The number of thiophene rings is 1. The number of nitrogens with zero attached hydrogens (tertiary/aromatic N) is 2. The molecule has 0 aliphatic carbocycles. The summed E-state index contributed by atoms with van der Waals surface area (Å²) in [7, 11) is 2.92. The molecule has 9 heteroatoms. The first-order valence-electron chi connectivity index (χ1n) is 9.18. The lowest BCUT2D eigenvalue weighted by molar-refractivity contribution is -0.119. The third kappa shape index (κ3) is 5.00. The van der Waals surface area contributed by atoms with Gasteiger partial charge in [-0.05, 0) is 30.4 Å². The van der Waals surface area contributed by atoms with Crippen LogP contribution in [0.3, 0.4) is 0 Å². The largest absolute Gasteiger partial charge is 0.506 e. The summed E-state index contributed by atoms with van der Waals surface area (Å²) in [5, 5.41) is 15.1. The Morgan fingerprint density at radius 3 is 2.80 bits per heavy atom. The maximum atomic E-state index is 12.6. The third-order valence-corrected chi connectivity index (χ3v) is 4.84. The van der Waals surface area contributed by atoms with Crippen molar-refractivity contribution in [2.45, 2.75) is 13.8 Å². The number of hydrogen-bond donors (Lipinski definition) is 2. The predicted octanol–water partition coefficient (Wildman–Crippen LogP) is 3.21. The number of nitrogens with one attached hydrogen (secondary N) is 1. The number of anilines is 1. The lowest BCUT2D eigenvalue weighted by Gasteiger charge is -2.08. The molecule has 0 atom stereocenters. The lowest BCUT2D eigenvalue weighted by Crippen LogP contribution is -2.24. The molecule has 8 nitrogen and oxygen atoms in total. The molecule has 2 N–H and O–H groups in total. The summed E-state index contributed by atoms with van der Waals surface area (Å²) < 4.78 is 5.97. The smallest absolute Gasteiger partial charge is 0.266 e. The highest BCUT2D eigenvalue weighted by atomic mass is 32.1. The van der Waals surface area contributed by atoms with E-state index in [9.17, 15) is 19.5 Å². The molecule has 0 aromatic carbocycles. The van der Waals surface area contributed by atoms with Crippen LogP contribution < -0.4 is 10.9 Å². The number of ether oxygens (including phenoxy) is 1. The molecule has 3 aromatic rings. The van der Waals surface area contributed by atoms with E-state index >= 15 is 0 Å². The van der Waals surface area contributed by atoms with E-state index in [1.807, 2.05) is 13.8 Å². The predicted molar refractivity (Wildman–Crippen MR) is 118 cm³/mol. The number of pyridine rings is 2. The summed E-state index contributed by atoms with van der Waals surface area (Å²) in [6, 6.07) is 4.89. The Balaban J connectivity index is 0.00000155. The maximum absolute atomic E-state index is 12.6. The highest BCUT2D eigenvalue weighted by molar-refractivity contribution is 7.11. The molecule has 158 valence electrons. The second kappa shape index (κ2) is 10.5. The van der Waals surface area contributed by atoms with Gasteiger partial charge in [0, 0.05) is 30.6 Å². The Morgan fingerprint density at radius 1 is 1.37 bits per heavy atom. The highest BCUT2D eigenvalue weighted by Gasteiger charge is 2.19. The standard InChI is InChI=1S/C19H17N3O5S.C2H6/c1-22-18-13(4-3-7-20-18)17(25)16(19(22)26)14(23)6-5-12-8-11(10-28-12)21-15(24)9-27-2;1-2/h3-8,10,25H,9H2,1-2H3,(H,21,24);1-2H3/b6-5+;. The maximum Gasteiger partial charge on any atom is 0.266 e. The van der Waals surface area contributed by atoms with Crippen LogP contribution in [0.1, 0.15) is 29.1 Å². The van der Waals surface area contributed by atoms with Crippen molar-refractivity contribution in [3.63, 3.8) is 0 Å². The Labute approximate surface area is 177 Å². The summed E-state index contributed by atoms with van der Waals surface area (Å²) >= 11 is 1.31. The van der Waals surface area contributed by atoms with Crippen molar-refractivity contribution in [1.29, 1.82) is 0 Å². The zero-order chi connectivity index (χ0) is 22.3. The van der Waals surface area contributed by atoms with Crippen molar-refractivity contribution in [2.75, 3.05) is 19.0 Å². The number of methoxy groups -OCH3 is 1. The van der Waals surface area contributed by atoms with Crippen LogP contribution in [0.15, 0.2) is 40.6 Å². The number of allylic oxidation sites excluding steroid dienone is 1. The normalized spacial score (nSPS) is 10.7. The first-order chi connectivity index (χ1) is 14.4. The number of hydrogen-bond acceptors (Lipinski definition) is 7. The Hall–Kier alpha value is -3.30. The summed E-state index contributed by atoms with van der Waals surface area (Å²) in [5.41, 5.74) is -0.0728. The molecule has 0 radical (unpaired) electrons. The number of aromatic nitrogens is 2. The van der Waals surface area contributed by atoms with E-state index in [4.69, 9.17) is 4.74 Å². The fourth-order valence-corrected chi connectivity index (χ4v) is 3.38. The average molecular weight is 429 g/mol. The molecule has 0 unspecified atom stereocenters. The van der Waals surface area contributed by atoms with Gasteiger partial charge in [-0.2, -0.15) is 0 Å². The zero-order valence-electron chi connectivity index (χ0n) is 17.1. The number of carbonyl (C=O) groups excluding carboxylic acids is 2. The van der Waals surface area contributed by atoms with Crippen LogP contribution in [0.2, 0.25) is 0 Å². The molecule has 3 heterocycles. The van der Waals surface area contributed by atoms with Crippen LogP contribution in [0.4, 0.5) is 5.69 Å². The van der Waals surface area contributed by atoms with Crippen LogP contribution in [0.25, 0.3) is 17.1 Å². The van der Waals surface area contributed by atoms with E-state index in [-0.39, 0.29) is 23.8 Å². The van der Waals surface area contributed by atoms with Crippen molar-refractivity contribution >= 4 is 45.8 Å². The second-order valence-corrected chi connectivity index (χ2v) is 6.82. The number of fused-ring (bicyclic) bond motifs is 1. The highest BCUT2D eigenvalue weighted by Crippen LogP contribution is 2.26. The van der Waals surface area contributed by atoms with Gasteiger partial charge in [0.25, 0.3) is 5.56 Å². The van der Waals surface area contributed by atoms with Crippen LogP contribution >= 0.6 is 11.3 Å². The van der Waals surface area contributed by atoms with Gasteiger partial charge in [0.1, 0.15) is 23.6 Å². The van der Waals surface area contributed by atoms with E-state index in [1.165, 1.54) is 48.4 Å². The molecule has 3 aromatic heterocycles. The SMILES string of the molecule is CC.COCC(=O)Nc1csc(/C=C/C(=O)c2c(O)c3cccnc3n(C)c2=O)c1. The van der Waals surface area contributed by atoms with Gasteiger partial charge in [-0.25, -0.2) is 4.98 Å². The number of carbonyl (C=O) groups is 2. The molecule has 0 saturated heterocycles. The molecule has 0 spiro atoms. The summed E-state index contributed by atoms with van der Waals surface area (Å²) in [6.07, 6.45) is 4.24. The first kappa shape index (κ1) is 23.0. The molecule has 0 bridgehead atoms. The third-order valence-electron chi connectivity index (χ3n) is 3.94. The molecule has 3 rings (SSSR count). The Bertz CT molecular complexity index is 1150.